The Bertz CT molecular complexity index is 914. The zero-order valence-electron chi connectivity index (χ0n) is 19.8. The Hall–Kier alpha value is -3.36. The van der Waals surface area contributed by atoms with Crippen LogP contribution in [0.1, 0.15) is 24.8 Å². The van der Waals surface area contributed by atoms with Crippen LogP contribution >= 0.6 is 11.8 Å². The lowest BCUT2D eigenvalue weighted by Crippen LogP contribution is -2.58. The van der Waals surface area contributed by atoms with Gasteiger partial charge < -0.3 is 42.7 Å². The number of primary amides is 1. The molecule has 0 heterocycles. The Balaban J connectivity index is 3.08. The number of aliphatic carboxylic acids is 1. The summed E-state index contributed by atoms with van der Waals surface area (Å²) >= 11 is 1.40. The molecule has 14 heteroatoms. The number of thioether (sulfide) groups is 1. The zero-order chi connectivity index (χ0) is 27.3. The number of carboxylic acid groups (broad SMARTS) is 1. The number of nitrogens with one attached hydrogen (secondary N) is 3. The van der Waals surface area contributed by atoms with Crippen molar-refractivity contribution < 1.29 is 39.3 Å². The normalized spacial score (nSPS) is 14.1. The summed E-state index contributed by atoms with van der Waals surface area (Å²) in [6, 6.07) is 0.879. The Kier molecular flexibility index (Phi) is 13.3. The molecule has 10 N–H and O–H groups in total. The van der Waals surface area contributed by atoms with E-state index in [9.17, 15) is 34.2 Å². The van der Waals surface area contributed by atoms with E-state index in [1.807, 2.05) is 0 Å². The van der Waals surface area contributed by atoms with Crippen molar-refractivity contribution in [1.82, 2.24) is 16.0 Å². The lowest BCUT2D eigenvalue weighted by atomic mass is 10.0. The first-order valence-electron chi connectivity index (χ1n) is 11.0. The summed E-state index contributed by atoms with van der Waals surface area (Å²) in [5, 5.41) is 35.0. The molecule has 4 amide bonds. The summed E-state index contributed by atoms with van der Waals surface area (Å²) in [5.74, 6) is -3.90. The van der Waals surface area contributed by atoms with E-state index in [1.54, 1.807) is 18.4 Å². The maximum absolute atomic E-state index is 13.2. The number of nitrogens with two attached hydrogens (primary N) is 2. The summed E-state index contributed by atoms with van der Waals surface area (Å²) in [5.41, 5.74) is 11.5. The third kappa shape index (κ3) is 10.9. The van der Waals surface area contributed by atoms with Crippen LogP contribution in [0.4, 0.5) is 0 Å². The molecule has 0 fully saturated rings. The summed E-state index contributed by atoms with van der Waals surface area (Å²) in [7, 11) is 0. The number of rotatable bonds is 16. The Morgan fingerprint density at radius 3 is 2.00 bits per heavy atom. The number of phenols is 1. The molecule has 0 radical (unpaired) electrons. The monoisotopic (exact) mass is 527 g/mol. The number of carboxylic acids is 1. The van der Waals surface area contributed by atoms with E-state index in [0.717, 1.165) is 0 Å². The molecule has 0 saturated carbocycles. The molecule has 0 spiro atoms. The van der Waals surface area contributed by atoms with Gasteiger partial charge in [-0.15, -0.1) is 0 Å². The van der Waals surface area contributed by atoms with Crippen molar-refractivity contribution in [1.29, 1.82) is 0 Å². The van der Waals surface area contributed by atoms with Crippen LogP contribution in [0.3, 0.4) is 0 Å². The smallest absolute Gasteiger partial charge is 0.328 e. The fraction of sp³-hybridized carbons (Fsp3) is 0.500. The molecule has 1 rings (SSSR count). The predicted octanol–water partition coefficient (Wildman–Crippen LogP) is -2.19. The van der Waals surface area contributed by atoms with Gasteiger partial charge in [0, 0.05) is 12.8 Å². The first kappa shape index (κ1) is 30.7. The van der Waals surface area contributed by atoms with E-state index in [0.29, 0.717) is 11.3 Å². The lowest BCUT2D eigenvalue weighted by molar-refractivity contribution is -0.143. The molecule has 4 unspecified atom stereocenters. The van der Waals surface area contributed by atoms with E-state index in [1.165, 1.54) is 23.9 Å². The zero-order valence-corrected chi connectivity index (χ0v) is 20.6. The van der Waals surface area contributed by atoms with Crippen molar-refractivity contribution in [3.63, 3.8) is 0 Å². The number of hydrogen-bond donors (Lipinski definition) is 8. The van der Waals surface area contributed by atoms with Gasteiger partial charge in [-0.3, -0.25) is 19.2 Å². The van der Waals surface area contributed by atoms with Crippen LogP contribution in [-0.2, 0) is 30.4 Å². The quantitative estimate of drug-likeness (QED) is 0.116. The average molecular weight is 528 g/mol. The molecule has 0 saturated heterocycles. The second-order valence-electron chi connectivity index (χ2n) is 7.97. The second kappa shape index (κ2) is 15.6. The van der Waals surface area contributed by atoms with E-state index >= 15 is 0 Å². The number of hydrogen-bond acceptors (Lipinski definition) is 9. The van der Waals surface area contributed by atoms with Crippen LogP contribution < -0.4 is 27.4 Å². The molecule has 0 aliphatic carbocycles. The maximum Gasteiger partial charge on any atom is 0.328 e. The molecule has 0 aliphatic rings. The molecule has 1 aromatic carbocycles. The second-order valence-corrected chi connectivity index (χ2v) is 8.95. The van der Waals surface area contributed by atoms with Gasteiger partial charge in [-0.2, -0.15) is 11.8 Å². The van der Waals surface area contributed by atoms with Gasteiger partial charge in [0.1, 0.15) is 23.9 Å². The number of aliphatic hydroxyl groups excluding tert-OH is 1. The Labute approximate surface area is 212 Å². The van der Waals surface area contributed by atoms with Crippen molar-refractivity contribution in [2.75, 3.05) is 18.6 Å². The van der Waals surface area contributed by atoms with Crippen molar-refractivity contribution in [2.45, 2.75) is 49.9 Å². The van der Waals surface area contributed by atoms with Gasteiger partial charge in [-0.1, -0.05) is 12.1 Å². The minimum Gasteiger partial charge on any atom is -0.508 e. The number of aliphatic hydroxyl groups is 1. The van der Waals surface area contributed by atoms with Crippen molar-refractivity contribution in [3.05, 3.63) is 29.8 Å². The number of amides is 4. The molecule has 0 bridgehead atoms. The first-order valence-corrected chi connectivity index (χ1v) is 12.4. The van der Waals surface area contributed by atoms with Crippen LogP contribution in [0.5, 0.6) is 5.75 Å². The molecular formula is C22H33N5O8S. The standard InChI is InChI=1S/C22H33N5O8S/c1-36-9-8-15(20(32)27-17(11-28)22(34)35)25-21(33)16(10-12-2-4-13(29)5-3-12)26-19(31)14(23)6-7-18(24)30/h2-5,14-17,28-29H,6-11,23H2,1H3,(H2,24,30)(H,25,33)(H,26,31)(H,27,32)(H,34,35). The summed E-state index contributed by atoms with van der Waals surface area (Å²) in [6.07, 6.45) is 1.74. The van der Waals surface area contributed by atoms with E-state index < -0.39 is 60.4 Å². The summed E-state index contributed by atoms with van der Waals surface area (Å²) in [4.78, 5) is 60.6. The predicted molar refractivity (Wildman–Crippen MR) is 132 cm³/mol. The minimum absolute atomic E-state index is 0.00271. The lowest BCUT2D eigenvalue weighted by Gasteiger charge is -2.25. The Morgan fingerprint density at radius 1 is 0.917 bits per heavy atom. The number of phenolic OH excluding ortho intramolecular Hbond substituents is 1. The van der Waals surface area contributed by atoms with Crippen LogP contribution in [-0.4, -0.2) is 87.7 Å². The van der Waals surface area contributed by atoms with Gasteiger partial charge in [0.15, 0.2) is 0 Å². The fourth-order valence-electron chi connectivity index (χ4n) is 3.02. The molecule has 0 aromatic heterocycles. The molecule has 36 heavy (non-hydrogen) atoms. The van der Waals surface area contributed by atoms with Crippen molar-refractivity contribution in [3.8, 4) is 5.75 Å². The molecule has 4 atom stereocenters. The molecule has 1 aromatic rings. The Morgan fingerprint density at radius 2 is 1.47 bits per heavy atom. The number of benzene rings is 1. The topological polar surface area (TPSA) is 234 Å². The molecule has 0 aliphatic heterocycles. The van der Waals surface area contributed by atoms with Crippen LogP contribution in [0.2, 0.25) is 0 Å². The van der Waals surface area contributed by atoms with Crippen molar-refractivity contribution in [2.24, 2.45) is 11.5 Å². The van der Waals surface area contributed by atoms with Crippen molar-refractivity contribution >= 4 is 41.4 Å². The third-order valence-electron chi connectivity index (χ3n) is 5.09. The van der Waals surface area contributed by atoms with Gasteiger partial charge in [0.25, 0.3) is 0 Å². The summed E-state index contributed by atoms with van der Waals surface area (Å²) < 4.78 is 0. The van der Waals surface area contributed by atoms with Gasteiger partial charge in [0.05, 0.1) is 12.6 Å². The SMILES string of the molecule is CSCCC(NC(=O)C(Cc1ccc(O)cc1)NC(=O)C(N)CCC(N)=O)C(=O)NC(CO)C(=O)O. The van der Waals surface area contributed by atoms with Gasteiger partial charge in [-0.25, -0.2) is 4.79 Å². The van der Waals surface area contributed by atoms with Gasteiger partial charge in [0.2, 0.25) is 23.6 Å². The third-order valence-corrected chi connectivity index (χ3v) is 5.73. The van der Waals surface area contributed by atoms with Gasteiger partial charge in [-0.05, 0) is 42.5 Å². The number of carbonyl (C=O) groups excluding carboxylic acids is 4. The van der Waals surface area contributed by atoms with Gasteiger partial charge >= 0.3 is 5.97 Å². The highest BCUT2D eigenvalue weighted by atomic mass is 32.2. The highest BCUT2D eigenvalue weighted by Gasteiger charge is 2.30. The molecule has 13 nitrogen and oxygen atoms in total. The van der Waals surface area contributed by atoms with E-state index in [-0.39, 0.29) is 31.4 Å². The minimum atomic E-state index is -1.55. The highest BCUT2D eigenvalue weighted by Crippen LogP contribution is 2.12. The van der Waals surface area contributed by atoms with E-state index in [4.69, 9.17) is 16.6 Å². The largest absolute Gasteiger partial charge is 0.508 e. The fourth-order valence-corrected chi connectivity index (χ4v) is 3.49. The average Bonchev–Trinajstić information content (AvgIpc) is 2.83. The molecular weight excluding hydrogens is 494 g/mol. The van der Waals surface area contributed by atoms with E-state index in [2.05, 4.69) is 16.0 Å². The number of aromatic hydroxyl groups is 1. The summed E-state index contributed by atoms with van der Waals surface area (Å²) in [6.45, 7) is -0.840. The highest BCUT2D eigenvalue weighted by molar-refractivity contribution is 7.98. The molecule has 200 valence electrons. The maximum atomic E-state index is 13.2. The first-order chi connectivity index (χ1) is 17.0. The van der Waals surface area contributed by atoms with Crippen LogP contribution in [0.15, 0.2) is 24.3 Å². The van der Waals surface area contributed by atoms with Crippen LogP contribution in [0, 0.1) is 0 Å². The van der Waals surface area contributed by atoms with Crippen LogP contribution in [0.25, 0.3) is 0 Å². The number of carbonyl (C=O) groups is 5.